The Morgan fingerprint density at radius 3 is 2.45 bits per heavy atom. The lowest BCUT2D eigenvalue weighted by molar-refractivity contribution is -0.132. The zero-order valence-electron chi connectivity index (χ0n) is 18.0. The molecule has 2 amide bonds. The lowest BCUT2D eigenvalue weighted by Gasteiger charge is -2.32. The van der Waals surface area contributed by atoms with Gasteiger partial charge in [0, 0.05) is 45.3 Å². The minimum Gasteiger partial charge on any atom is -0.336 e. The molecule has 3 heterocycles. The van der Waals surface area contributed by atoms with Gasteiger partial charge in [0.25, 0.3) is 5.91 Å². The van der Waals surface area contributed by atoms with Gasteiger partial charge in [-0.2, -0.15) is 0 Å². The maximum atomic E-state index is 13.1. The van der Waals surface area contributed by atoms with E-state index in [0.29, 0.717) is 18.4 Å². The van der Waals surface area contributed by atoms with Gasteiger partial charge in [-0.05, 0) is 56.1 Å². The summed E-state index contributed by atoms with van der Waals surface area (Å²) in [4.78, 5) is 36.1. The standard InChI is InChI=1S/C24H29FN4O2/c1-27-13-15-28(16-14-27)24(31)19-7-10-21(26-17-19)22-3-2-12-29(22)23(30)11-6-18-4-8-20(25)9-5-18/h4-5,7-10,17,22H,2-3,6,11-16H2,1H3. The maximum Gasteiger partial charge on any atom is 0.255 e. The average Bonchev–Trinajstić information content (AvgIpc) is 3.29. The van der Waals surface area contributed by atoms with E-state index in [9.17, 15) is 14.0 Å². The van der Waals surface area contributed by atoms with Crippen molar-refractivity contribution in [3.05, 3.63) is 65.2 Å². The lowest BCUT2D eigenvalue weighted by atomic mass is 10.1. The zero-order valence-corrected chi connectivity index (χ0v) is 18.0. The topological polar surface area (TPSA) is 56.8 Å². The van der Waals surface area contributed by atoms with Crippen molar-refractivity contribution in [3.63, 3.8) is 0 Å². The molecular formula is C24H29FN4O2. The monoisotopic (exact) mass is 424 g/mol. The third-order valence-corrected chi connectivity index (χ3v) is 6.28. The van der Waals surface area contributed by atoms with Crippen LogP contribution in [0.4, 0.5) is 4.39 Å². The summed E-state index contributed by atoms with van der Waals surface area (Å²) in [6.07, 6.45) is 4.45. The highest BCUT2D eigenvalue weighted by Gasteiger charge is 2.31. The number of aryl methyl sites for hydroxylation is 1. The predicted molar refractivity (Wildman–Crippen MR) is 116 cm³/mol. The van der Waals surface area contributed by atoms with E-state index in [1.165, 1.54) is 12.1 Å². The van der Waals surface area contributed by atoms with Crippen LogP contribution in [-0.2, 0) is 11.2 Å². The fraction of sp³-hybridized carbons (Fsp3) is 0.458. The molecule has 0 aliphatic carbocycles. The van der Waals surface area contributed by atoms with Crippen LogP contribution in [0.2, 0.25) is 0 Å². The molecule has 6 nitrogen and oxygen atoms in total. The first-order chi connectivity index (χ1) is 15.0. The highest BCUT2D eigenvalue weighted by atomic mass is 19.1. The first-order valence-corrected chi connectivity index (χ1v) is 11.0. The quantitative estimate of drug-likeness (QED) is 0.741. The van der Waals surface area contributed by atoms with Crippen LogP contribution in [0.5, 0.6) is 0 Å². The fourth-order valence-corrected chi connectivity index (χ4v) is 4.34. The van der Waals surface area contributed by atoms with Crippen LogP contribution in [0.1, 0.15) is 46.9 Å². The van der Waals surface area contributed by atoms with Gasteiger partial charge in [-0.1, -0.05) is 12.1 Å². The fourth-order valence-electron chi connectivity index (χ4n) is 4.34. The molecule has 0 saturated carbocycles. The Morgan fingerprint density at radius 2 is 1.77 bits per heavy atom. The zero-order chi connectivity index (χ0) is 21.8. The molecule has 1 aromatic heterocycles. The number of nitrogens with zero attached hydrogens (tertiary/aromatic N) is 4. The smallest absolute Gasteiger partial charge is 0.255 e. The Bertz CT molecular complexity index is 908. The van der Waals surface area contributed by atoms with Crippen molar-refractivity contribution in [2.75, 3.05) is 39.8 Å². The molecule has 2 fully saturated rings. The van der Waals surface area contributed by atoms with Gasteiger partial charge in [0.15, 0.2) is 0 Å². The molecule has 2 aliphatic heterocycles. The summed E-state index contributed by atoms with van der Waals surface area (Å²) >= 11 is 0. The number of likely N-dealkylation sites (tertiary alicyclic amines) is 1. The number of aromatic nitrogens is 1. The molecule has 0 radical (unpaired) electrons. The van der Waals surface area contributed by atoms with Gasteiger partial charge in [-0.3, -0.25) is 14.6 Å². The number of carbonyl (C=O) groups excluding carboxylic acids is 2. The SMILES string of the molecule is CN1CCN(C(=O)c2ccc(C3CCCN3C(=O)CCc3ccc(F)cc3)nc2)CC1. The largest absolute Gasteiger partial charge is 0.336 e. The Morgan fingerprint density at radius 1 is 1.03 bits per heavy atom. The van der Waals surface area contributed by atoms with Gasteiger partial charge in [0.05, 0.1) is 17.3 Å². The number of rotatable bonds is 5. The molecule has 0 N–H and O–H groups in total. The Kier molecular flexibility index (Phi) is 6.61. The molecule has 1 unspecified atom stereocenters. The summed E-state index contributed by atoms with van der Waals surface area (Å²) in [5.74, 6) is -0.160. The molecule has 4 rings (SSSR count). The van der Waals surface area contributed by atoms with Crippen molar-refractivity contribution < 1.29 is 14.0 Å². The van der Waals surface area contributed by atoms with Gasteiger partial charge in [0.1, 0.15) is 5.82 Å². The number of hydrogen-bond acceptors (Lipinski definition) is 4. The summed E-state index contributed by atoms with van der Waals surface area (Å²) in [5.41, 5.74) is 2.39. The lowest BCUT2D eigenvalue weighted by Crippen LogP contribution is -2.47. The Balaban J connectivity index is 1.37. The van der Waals surface area contributed by atoms with E-state index in [-0.39, 0.29) is 23.7 Å². The van der Waals surface area contributed by atoms with Crippen LogP contribution < -0.4 is 0 Å². The van der Waals surface area contributed by atoms with E-state index in [1.807, 2.05) is 21.9 Å². The highest BCUT2D eigenvalue weighted by Crippen LogP contribution is 2.31. The Hall–Kier alpha value is -2.80. The van der Waals surface area contributed by atoms with Gasteiger partial charge >= 0.3 is 0 Å². The van der Waals surface area contributed by atoms with Crippen molar-refractivity contribution >= 4 is 11.8 Å². The van der Waals surface area contributed by atoms with Crippen molar-refractivity contribution in [1.29, 1.82) is 0 Å². The van der Waals surface area contributed by atoms with E-state index < -0.39 is 0 Å². The van der Waals surface area contributed by atoms with Crippen LogP contribution in [0.15, 0.2) is 42.6 Å². The van der Waals surface area contributed by atoms with Crippen LogP contribution in [-0.4, -0.2) is 71.3 Å². The number of piperazine rings is 1. The maximum absolute atomic E-state index is 13.1. The Labute approximate surface area is 182 Å². The molecule has 0 spiro atoms. The molecule has 2 saturated heterocycles. The van der Waals surface area contributed by atoms with Gasteiger partial charge in [-0.25, -0.2) is 4.39 Å². The molecule has 0 bridgehead atoms. The summed E-state index contributed by atoms with van der Waals surface area (Å²) < 4.78 is 13.1. The van der Waals surface area contributed by atoms with Gasteiger partial charge < -0.3 is 14.7 Å². The third-order valence-electron chi connectivity index (χ3n) is 6.28. The minimum absolute atomic E-state index is 0.0193. The molecule has 164 valence electrons. The van der Waals surface area contributed by atoms with Gasteiger partial charge in [0.2, 0.25) is 5.91 Å². The molecule has 2 aliphatic rings. The summed E-state index contributed by atoms with van der Waals surface area (Å²) in [5, 5.41) is 0. The van der Waals surface area contributed by atoms with Gasteiger partial charge in [-0.15, -0.1) is 0 Å². The second kappa shape index (κ2) is 9.56. The van der Waals surface area contributed by atoms with E-state index >= 15 is 0 Å². The van der Waals surface area contributed by atoms with Crippen LogP contribution in [0.3, 0.4) is 0 Å². The second-order valence-corrected chi connectivity index (χ2v) is 8.44. The molecule has 7 heteroatoms. The summed E-state index contributed by atoms with van der Waals surface area (Å²) in [7, 11) is 2.06. The molecule has 1 aromatic carbocycles. The summed E-state index contributed by atoms with van der Waals surface area (Å²) in [6.45, 7) is 3.95. The number of pyridine rings is 1. The third kappa shape index (κ3) is 5.10. The number of hydrogen-bond donors (Lipinski definition) is 0. The predicted octanol–water partition coefficient (Wildman–Crippen LogP) is 2.90. The highest BCUT2D eigenvalue weighted by molar-refractivity contribution is 5.94. The van der Waals surface area contributed by atoms with Crippen molar-refractivity contribution in [1.82, 2.24) is 19.7 Å². The van der Waals surface area contributed by atoms with Crippen LogP contribution in [0, 0.1) is 5.82 Å². The molecule has 2 aromatic rings. The second-order valence-electron chi connectivity index (χ2n) is 8.44. The molecule has 31 heavy (non-hydrogen) atoms. The van der Waals surface area contributed by atoms with Crippen molar-refractivity contribution in [3.8, 4) is 0 Å². The number of amides is 2. The van der Waals surface area contributed by atoms with E-state index in [0.717, 1.165) is 56.8 Å². The number of likely N-dealkylation sites (N-methyl/N-ethyl adjacent to an activating group) is 1. The number of halogens is 1. The first kappa shape index (κ1) is 21.4. The minimum atomic E-state index is -0.268. The van der Waals surface area contributed by atoms with Crippen molar-refractivity contribution in [2.24, 2.45) is 0 Å². The normalized spacial score (nSPS) is 19.6. The van der Waals surface area contributed by atoms with Crippen LogP contribution in [0.25, 0.3) is 0 Å². The average molecular weight is 425 g/mol. The number of carbonyl (C=O) groups is 2. The van der Waals surface area contributed by atoms with E-state index in [2.05, 4.69) is 16.9 Å². The van der Waals surface area contributed by atoms with Crippen LogP contribution >= 0.6 is 0 Å². The van der Waals surface area contributed by atoms with Crippen molar-refractivity contribution in [2.45, 2.75) is 31.7 Å². The molecule has 1 atom stereocenters. The van der Waals surface area contributed by atoms with E-state index in [1.54, 1.807) is 18.3 Å². The summed E-state index contributed by atoms with van der Waals surface area (Å²) in [6, 6.07) is 9.97. The number of benzene rings is 1. The van der Waals surface area contributed by atoms with E-state index in [4.69, 9.17) is 0 Å². The first-order valence-electron chi connectivity index (χ1n) is 11.0. The molecular weight excluding hydrogens is 395 g/mol.